The predicted molar refractivity (Wildman–Crippen MR) is 82.8 cm³/mol. The molecule has 0 spiro atoms. The Bertz CT molecular complexity index is 695. The number of benzene rings is 1. The first-order chi connectivity index (χ1) is 9.63. The summed E-state index contributed by atoms with van der Waals surface area (Å²) in [5.74, 6) is 0. The molecule has 0 aliphatic heterocycles. The maximum Gasteiger partial charge on any atom is 0.111 e. The fourth-order valence-electron chi connectivity index (χ4n) is 2.25. The average Bonchev–Trinajstić information content (AvgIpc) is 2.99. The van der Waals surface area contributed by atoms with Crippen LogP contribution >= 0.6 is 11.3 Å². The molecule has 2 aromatic heterocycles. The molecule has 0 bridgehead atoms. The summed E-state index contributed by atoms with van der Waals surface area (Å²) in [6.07, 6.45) is 2.06. The van der Waals surface area contributed by atoms with Crippen LogP contribution < -0.4 is 5.32 Å². The van der Waals surface area contributed by atoms with Crippen molar-refractivity contribution in [2.75, 3.05) is 0 Å². The van der Waals surface area contributed by atoms with Crippen LogP contribution in [0.4, 0.5) is 0 Å². The van der Waals surface area contributed by atoms with E-state index in [1.54, 1.807) is 11.3 Å². The summed E-state index contributed by atoms with van der Waals surface area (Å²) in [7, 11) is 1.95. The van der Waals surface area contributed by atoms with Gasteiger partial charge in [0, 0.05) is 25.4 Å². The minimum Gasteiger partial charge on any atom is -0.304 e. The van der Waals surface area contributed by atoms with Gasteiger partial charge in [-0.1, -0.05) is 12.1 Å². The number of hydrogen-bond donors (Lipinski definition) is 1. The normalized spacial score (nSPS) is 12.9. The number of para-hydroxylation sites is 1. The van der Waals surface area contributed by atoms with Crippen LogP contribution in [-0.4, -0.2) is 14.8 Å². The van der Waals surface area contributed by atoms with E-state index >= 15 is 0 Å². The Morgan fingerprint density at radius 2 is 2.15 bits per heavy atom. The quantitative estimate of drug-likeness (QED) is 0.801. The fourth-order valence-corrected chi connectivity index (χ4v) is 3.24. The molecule has 3 rings (SSSR count). The summed E-state index contributed by atoms with van der Waals surface area (Å²) >= 11 is 1.76. The molecule has 0 amide bonds. The first kappa shape index (κ1) is 13.3. The van der Waals surface area contributed by atoms with E-state index in [0.29, 0.717) is 0 Å². The summed E-state index contributed by atoms with van der Waals surface area (Å²) in [4.78, 5) is 4.69. The molecule has 5 heteroatoms. The van der Waals surface area contributed by atoms with E-state index in [9.17, 15) is 0 Å². The van der Waals surface area contributed by atoms with E-state index in [-0.39, 0.29) is 6.04 Å². The molecule has 0 fully saturated rings. The number of fused-ring (bicyclic) bond motifs is 1. The van der Waals surface area contributed by atoms with E-state index < -0.39 is 0 Å². The monoisotopic (exact) mass is 286 g/mol. The zero-order valence-corrected chi connectivity index (χ0v) is 12.7. The van der Waals surface area contributed by atoms with Crippen LogP contribution in [0.1, 0.15) is 29.2 Å². The number of nitrogens with one attached hydrogen (secondary N) is 1. The molecule has 0 aliphatic carbocycles. The van der Waals surface area contributed by atoms with Crippen LogP contribution in [-0.2, 0) is 13.6 Å². The molecule has 4 nitrogen and oxygen atoms in total. The number of rotatable bonds is 4. The van der Waals surface area contributed by atoms with Crippen molar-refractivity contribution in [2.24, 2.45) is 7.05 Å². The molecule has 3 aromatic rings. The molecule has 20 heavy (non-hydrogen) atoms. The molecule has 0 radical (unpaired) electrons. The highest BCUT2D eigenvalue weighted by Gasteiger charge is 2.12. The third kappa shape index (κ3) is 2.59. The Hall–Kier alpha value is -1.72. The van der Waals surface area contributed by atoms with Gasteiger partial charge >= 0.3 is 0 Å². The molecular formula is C15H18N4S. The molecule has 1 aromatic carbocycles. The van der Waals surface area contributed by atoms with Crippen molar-refractivity contribution in [3.05, 3.63) is 46.7 Å². The van der Waals surface area contributed by atoms with Crippen LogP contribution in [0.5, 0.6) is 0 Å². The highest BCUT2D eigenvalue weighted by Crippen LogP contribution is 2.26. The Balaban J connectivity index is 1.72. The SMILES string of the molecule is Cc1nn(C)cc1CNC(C)c1nc2ccccc2s1. The minimum absolute atomic E-state index is 0.243. The van der Waals surface area contributed by atoms with Crippen molar-refractivity contribution in [1.29, 1.82) is 0 Å². The fraction of sp³-hybridized carbons (Fsp3) is 0.333. The zero-order chi connectivity index (χ0) is 14.1. The van der Waals surface area contributed by atoms with E-state index in [2.05, 4.69) is 46.7 Å². The second-order valence-electron chi connectivity index (χ2n) is 5.04. The maximum absolute atomic E-state index is 4.69. The van der Waals surface area contributed by atoms with Crippen molar-refractivity contribution in [2.45, 2.75) is 26.4 Å². The third-order valence-corrected chi connectivity index (χ3v) is 4.61. The Kier molecular flexibility index (Phi) is 3.54. The summed E-state index contributed by atoms with van der Waals surface area (Å²) in [6, 6.07) is 8.51. The van der Waals surface area contributed by atoms with E-state index in [1.165, 1.54) is 10.3 Å². The van der Waals surface area contributed by atoms with E-state index in [4.69, 9.17) is 0 Å². The predicted octanol–water partition coefficient (Wildman–Crippen LogP) is 3.19. The number of nitrogens with zero attached hydrogens (tertiary/aromatic N) is 3. The lowest BCUT2D eigenvalue weighted by Gasteiger charge is -2.10. The van der Waals surface area contributed by atoms with Crippen molar-refractivity contribution in [1.82, 2.24) is 20.1 Å². The van der Waals surface area contributed by atoms with Crippen LogP contribution in [0.3, 0.4) is 0 Å². The number of aromatic nitrogens is 3. The van der Waals surface area contributed by atoms with Gasteiger partial charge in [0.05, 0.1) is 22.0 Å². The molecule has 1 unspecified atom stereocenters. The van der Waals surface area contributed by atoms with Crippen LogP contribution in [0, 0.1) is 6.92 Å². The minimum atomic E-state index is 0.243. The van der Waals surface area contributed by atoms with Gasteiger partial charge in [-0.2, -0.15) is 5.10 Å². The Morgan fingerprint density at radius 1 is 1.35 bits per heavy atom. The van der Waals surface area contributed by atoms with Crippen molar-refractivity contribution >= 4 is 21.6 Å². The highest BCUT2D eigenvalue weighted by atomic mass is 32.1. The molecule has 104 valence electrons. The van der Waals surface area contributed by atoms with Crippen molar-refractivity contribution in [3.63, 3.8) is 0 Å². The molecule has 0 saturated carbocycles. The second-order valence-corrected chi connectivity index (χ2v) is 6.10. The highest BCUT2D eigenvalue weighted by molar-refractivity contribution is 7.18. The molecule has 1 N–H and O–H groups in total. The van der Waals surface area contributed by atoms with Gasteiger partial charge in [0.1, 0.15) is 5.01 Å². The van der Waals surface area contributed by atoms with Crippen molar-refractivity contribution < 1.29 is 0 Å². The summed E-state index contributed by atoms with van der Waals surface area (Å²) in [5.41, 5.74) is 3.40. The van der Waals surface area contributed by atoms with Gasteiger partial charge in [-0.25, -0.2) is 4.98 Å². The van der Waals surface area contributed by atoms with Crippen LogP contribution in [0.2, 0.25) is 0 Å². The van der Waals surface area contributed by atoms with Crippen LogP contribution in [0.25, 0.3) is 10.2 Å². The smallest absolute Gasteiger partial charge is 0.111 e. The van der Waals surface area contributed by atoms with Gasteiger partial charge < -0.3 is 5.32 Å². The first-order valence-corrected chi connectivity index (χ1v) is 7.53. The summed E-state index contributed by atoms with van der Waals surface area (Å²) in [5, 5.41) is 9.02. The number of hydrogen-bond acceptors (Lipinski definition) is 4. The first-order valence-electron chi connectivity index (χ1n) is 6.71. The number of aryl methyl sites for hydroxylation is 2. The zero-order valence-electron chi connectivity index (χ0n) is 11.9. The maximum atomic E-state index is 4.69. The topological polar surface area (TPSA) is 42.7 Å². The Labute approximate surface area is 122 Å². The lowest BCUT2D eigenvalue weighted by Crippen LogP contribution is -2.18. The lowest BCUT2D eigenvalue weighted by atomic mass is 10.2. The van der Waals surface area contributed by atoms with E-state index in [1.807, 2.05) is 24.7 Å². The van der Waals surface area contributed by atoms with Gasteiger partial charge in [0.15, 0.2) is 0 Å². The lowest BCUT2D eigenvalue weighted by molar-refractivity contribution is 0.571. The van der Waals surface area contributed by atoms with Gasteiger partial charge in [-0.15, -0.1) is 11.3 Å². The average molecular weight is 286 g/mol. The van der Waals surface area contributed by atoms with Crippen LogP contribution in [0.15, 0.2) is 30.5 Å². The number of thiazole rings is 1. The van der Waals surface area contributed by atoms with Gasteiger partial charge in [-0.05, 0) is 26.0 Å². The summed E-state index contributed by atoms with van der Waals surface area (Å²) < 4.78 is 3.10. The largest absolute Gasteiger partial charge is 0.304 e. The molecule has 0 saturated heterocycles. The molecule has 0 aliphatic rings. The third-order valence-electron chi connectivity index (χ3n) is 3.39. The van der Waals surface area contributed by atoms with E-state index in [0.717, 1.165) is 22.8 Å². The van der Waals surface area contributed by atoms with Gasteiger partial charge in [0.25, 0.3) is 0 Å². The summed E-state index contributed by atoms with van der Waals surface area (Å²) in [6.45, 7) is 5.01. The molecule has 1 atom stereocenters. The molecule has 2 heterocycles. The van der Waals surface area contributed by atoms with Crippen molar-refractivity contribution in [3.8, 4) is 0 Å². The molecular weight excluding hydrogens is 268 g/mol. The van der Waals surface area contributed by atoms with Gasteiger partial charge in [0.2, 0.25) is 0 Å². The standard InChI is InChI=1S/C15H18N4S/c1-10-12(9-19(3)18-10)8-16-11(2)15-17-13-6-4-5-7-14(13)20-15/h4-7,9,11,16H,8H2,1-3H3. The second kappa shape index (κ2) is 5.34. The Morgan fingerprint density at radius 3 is 2.85 bits per heavy atom. The van der Waals surface area contributed by atoms with Gasteiger partial charge in [-0.3, -0.25) is 4.68 Å².